The van der Waals surface area contributed by atoms with Crippen LogP contribution >= 0.6 is 22.7 Å². The summed E-state index contributed by atoms with van der Waals surface area (Å²) >= 11 is 2.29. The van der Waals surface area contributed by atoms with Crippen molar-refractivity contribution in [1.82, 2.24) is 9.97 Å². The number of nitrogens with one attached hydrogen (secondary N) is 4. The molecule has 0 atom stereocenters. The van der Waals surface area contributed by atoms with E-state index in [4.69, 9.17) is 0 Å². The molecule has 42 heavy (non-hydrogen) atoms. The van der Waals surface area contributed by atoms with Crippen molar-refractivity contribution in [1.29, 1.82) is 0 Å². The zero-order valence-corrected chi connectivity index (χ0v) is 24.5. The number of sulfonamides is 2. The Kier molecular flexibility index (Phi) is 8.30. The molecule has 0 aliphatic carbocycles. The molecule has 2 amide bonds. The van der Waals surface area contributed by atoms with E-state index in [1.54, 1.807) is 16.8 Å². The summed E-state index contributed by atoms with van der Waals surface area (Å²) in [6.07, 6.45) is 2.96. The molecule has 2 heterocycles. The van der Waals surface area contributed by atoms with Gasteiger partial charge in [0.05, 0.1) is 9.79 Å². The molecule has 16 heteroatoms. The fourth-order valence-electron chi connectivity index (χ4n) is 3.54. The molecule has 0 bridgehead atoms. The van der Waals surface area contributed by atoms with Crippen LogP contribution in [-0.4, -0.2) is 38.6 Å². The smallest absolute Gasteiger partial charge is 0.263 e. The molecule has 0 fully saturated rings. The second-order valence-electron chi connectivity index (χ2n) is 8.42. The van der Waals surface area contributed by atoms with Gasteiger partial charge in [0.15, 0.2) is 10.3 Å². The van der Waals surface area contributed by atoms with Crippen molar-refractivity contribution in [3.05, 3.63) is 107 Å². The van der Waals surface area contributed by atoms with E-state index in [2.05, 4.69) is 30.0 Å². The SMILES string of the molecule is O=C(Nc1ccc(S(=O)(=O)Nc2nccs2)cc1)c1cccc(C(=O)Nc2ccc(S(=O)(=O)Nc3nccs3)cc2)c1. The van der Waals surface area contributed by atoms with Gasteiger partial charge in [-0.25, -0.2) is 26.8 Å². The number of aromatic nitrogens is 2. The summed E-state index contributed by atoms with van der Waals surface area (Å²) in [5, 5.41) is 9.11. The van der Waals surface area contributed by atoms with Crippen molar-refractivity contribution in [3.8, 4) is 0 Å². The topological polar surface area (TPSA) is 176 Å². The molecule has 0 saturated heterocycles. The highest BCUT2D eigenvalue weighted by Crippen LogP contribution is 2.22. The maximum atomic E-state index is 12.8. The van der Waals surface area contributed by atoms with E-state index in [0.717, 1.165) is 22.7 Å². The van der Waals surface area contributed by atoms with Crippen molar-refractivity contribution in [2.24, 2.45) is 0 Å². The van der Waals surface area contributed by atoms with Crippen molar-refractivity contribution in [2.75, 3.05) is 20.1 Å². The van der Waals surface area contributed by atoms with Crippen LogP contribution in [0, 0.1) is 0 Å². The number of hydrogen-bond donors (Lipinski definition) is 4. The Balaban J connectivity index is 1.21. The van der Waals surface area contributed by atoms with Crippen LogP contribution in [0.25, 0.3) is 0 Å². The largest absolute Gasteiger partial charge is 0.322 e. The van der Waals surface area contributed by atoms with Crippen LogP contribution in [0.15, 0.2) is 106 Å². The van der Waals surface area contributed by atoms with E-state index in [0.29, 0.717) is 11.4 Å². The molecule has 0 spiro atoms. The third-order valence-corrected chi connectivity index (χ3v) is 9.89. The van der Waals surface area contributed by atoms with Crippen molar-refractivity contribution < 1.29 is 26.4 Å². The van der Waals surface area contributed by atoms with Crippen molar-refractivity contribution in [2.45, 2.75) is 9.79 Å². The van der Waals surface area contributed by atoms with Gasteiger partial charge in [-0.05, 0) is 66.7 Å². The number of nitrogens with zero attached hydrogens (tertiary/aromatic N) is 2. The van der Waals surface area contributed by atoms with E-state index in [-0.39, 0.29) is 31.2 Å². The average molecular weight is 641 g/mol. The van der Waals surface area contributed by atoms with Crippen LogP contribution in [0.3, 0.4) is 0 Å². The highest BCUT2D eigenvalue weighted by Gasteiger charge is 2.18. The van der Waals surface area contributed by atoms with Crippen molar-refractivity contribution >= 4 is 76.2 Å². The number of benzene rings is 3. The van der Waals surface area contributed by atoms with E-state index in [9.17, 15) is 26.4 Å². The first-order chi connectivity index (χ1) is 20.1. The Hall–Kier alpha value is -4.64. The first-order valence-electron chi connectivity index (χ1n) is 11.9. The van der Waals surface area contributed by atoms with Gasteiger partial charge in [0.2, 0.25) is 0 Å². The summed E-state index contributed by atoms with van der Waals surface area (Å²) in [7, 11) is -7.67. The van der Waals surface area contributed by atoms with Gasteiger partial charge < -0.3 is 10.6 Å². The third kappa shape index (κ3) is 6.98. The molecule has 0 aliphatic heterocycles. The first-order valence-corrected chi connectivity index (χ1v) is 16.6. The molecule has 214 valence electrons. The number of thiazole rings is 2. The highest BCUT2D eigenvalue weighted by molar-refractivity contribution is 7.93. The number of anilines is 4. The molecule has 2 aromatic heterocycles. The minimum atomic E-state index is -3.84. The second kappa shape index (κ2) is 12.1. The van der Waals surface area contributed by atoms with Gasteiger partial charge in [0.25, 0.3) is 31.9 Å². The Labute approximate surface area is 248 Å². The minimum Gasteiger partial charge on any atom is -0.322 e. The van der Waals surface area contributed by atoms with Gasteiger partial charge >= 0.3 is 0 Å². The summed E-state index contributed by atoms with van der Waals surface area (Å²) in [4.78, 5) is 33.5. The highest BCUT2D eigenvalue weighted by atomic mass is 32.2. The normalized spacial score (nSPS) is 11.4. The van der Waals surface area contributed by atoms with Gasteiger partial charge in [-0.3, -0.25) is 19.0 Å². The second-order valence-corrected chi connectivity index (χ2v) is 13.6. The van der Waals surface area contributed by atoms with Crippen LogP contribution in [0.1, 0.15) is 20.7 Å². The van der Waals surface area contributed by atoms with Gasteiger partial charge in [-0.1, -0.05) is 6.07 Å². The van der Waals surface area contributed by atoms with Crippen LogP contribution in [0.2, 0.25) is 0 Å². The summed E-state index contributed by atoms with van der Waals surface area (Å²) in [6, 6.07) is 17.2. The fraction of sp³-hybridized carbons (Fsp3) is 0. The lowest BCUT2D eigenvalue weighted by Crippen LogP contribution is -2.16. The Morgan fingerprint density at radius 2 is 1.00 bits per heavy atom. The lowest BCUT2D eigenvalue weighted by molar-refractivity contribution is 0.102. The predicted octanol–water partition coefficient (Wildman–Crippen LogP) is 4.71. The van der Waals surface area contributed by atoms with Gasteiger partial charge in [-0.15, -0.1) is 22.7 Å². The average Bonchev–Trinajstić information content (AvgIpc) is 3.68. The standard InChI is InChI=1S/C26H20N6O6S4/c33-23(29-19-4-8-21(9-5-19)41(35,36)31-25-27-12-14-39-25)17-2-1-3-18(16-17)24(34)30-20-6-10-22(11-7-20)42(37,38)32-26-28-13-15-40-26/h1-16H,(H,27,31)(H,28,32)(H,29,33)(H,30,34). The zero-order valence-electron chi connectivity index (χ0n) is 21.2. The Morgan fingerprint density at radius 3 is 1.36 bits per heavy atom. The Bertz CT molecular complexity index is 1790. The monoisotopic (exact) mass is 640 g/mol. The fourth-order valence-corrected chi connectivity index (χ4v) is 7.12. The minimum absolute atomic E-state index is 0.00391. The predicted molar refractivity (Wildman–Crippen MR) is 161 cm³/mol. The van der Waals surface area contributed by atoms with Gasteiger partial charge in [-0.2, -0.15) is 0 Å². The molecule has 0 radical (unpaired) electrons. The van der Waals surface area contributed by atoms with E-state index in [1.165, 1.54) is 79.1 Å². The summed E-state index contributed by atoms with van der Waals surface area (Å²) in [6.45, 7) is 0. The van der Waals surface area contributed by atoms with Crippen LogP contribution in [0.5, 0.6) is 0 Å². The van der Waals surface area contributed by atoms with E-state index >= 15 is 0 Å². The zero-order chi connectivity index (χ0) is 29.7. The quantitative estimate of drug-likeness (QED) is 0.170. The van der Waals surface area contributed by atoms with Gasteiger partial charge in [0, 0.05) is 45.7 Å². The molecule has 0 aliphatic rings. The molecular weight excluding hydrogens is 621 g/mol. The van der Waals surface area contributed by atoms with Crippen LogP contribution in [-0.2, 0) is 20.0 Å². The molecule has 3 aromatic carbocycles. The van der Waals surface area contributed by atoms with Crippen molar-refractivity contribution in [3.63, 3.8) is 0 Å². The van der Waals surface area contributed by atoms with Gasteiger partial charge in [0.1, 0.15) is 0 Å². The molecule has 0 unspecified atom stereocenters. The number of carbonyl (C=O) groups is 2. The van der Waals surface area contributed by atoms with Crippen LogP contribution < -0.4 is 20.1 Å². The molecule has 4 N–H and O–H groups in total. The first kappa shape index (κ1) is 28.9. The number of amides is 2. The molecule has 5 rings (SSSR count). The third-order valence-electron chi connectivity index (χ3n) is 5.54. The Morgan fingerprint density at radius 1 is 0.595 bits per heavy atom. The summed E-state index contributed by atoms with van der Waals surface area (Å²) < 4.78 is 54.8. The summed E-state index contributed by atoms with van der Waals surface area (Å²) in [5.74, 6) is -1.02. The van der Waals surface area contributed by atoms with E-state index in [1.807, 2.05) is 0 Å². The lowest BCUT2D eigenvalue weighted by atomic mass is 10.1. The number of hydrogen-bond acceptors (Lipinski definition) is 10. The lowest BCUT2D eigenvalue weighted by Gasteiger charge is -2.10. The molecular formula is C26H20N6O6S4. The maximum absolute atomic E-state index is 12.8. The number of carbonyl (C=O) groups excluding carboxylic acids is 2. The number of rotatable bonds is 10. The molecule has 5 aromatic rings. The van der Waals surface area contributed by atoms with Crippen LogP contribution in [0.4, 0.5) is 21.6 Å². The molecule has 0 saturated carbocycles. The maximum Gasteiger partial charge on any atom is 0.263 e. The molecule has 12 nitrogen and oxygen atoms in total. The summed E-state index contributed by atoms with van der Waals surface area (Å²) in [5.41, 5.74) is 1.09. The van der Waals surface area contributed by atoms with E-state index < -0.39 is 31.9 Å².